The number of aliphatic hydroxyl groups excluding tert-OH is 1. The van der Waals surface area contributed by atoms with E-state index in [4.69, 9.17) is 11.6 Å². The second-order valence-electron chi connectivity index (χ2n) is 7.43. The van der Waals surface area contributed by atoms with Gasteiger partial charge in [-0.2, -0.15) is 0 Å². The van der Waals surface area contributed by atoms with Gasteiger partial charge in [-0.3, -0.25) is 4.79 Å². The minimum atomic E-state index is -0.505. The first-order valence-corrected chi connectivity index (χ1v) is 10.1. The number of nitrogens with zero attached hydrogens (tertiary/aromatic N) is 4. The van der Waals surface area contributed by atoms with Crippen LogP contribution in [0.4, 0.5) is 0 Å². The van der Waals surface area contributed by atoms with Gasteiger partial charge in [0.05, 0.1) is 23.0 Å². The minimum absolute atomic E-state index is 0.138. The number of likely N-dealkylation sites (tertiary alicyclic amines) is 1. The Morgan fingerprint density at radius 1 is 1.14 bits per heavy atom. The predicted molar refractivity (Wildman–Crippen MR) is 111 cm³/mol. The summed E-state index contributed by atoms with van der Waals surface area (Å²) in [6.07, 6.45) is 2.60. The van der Waals surface area contributed by atoms with Crippen molar-refractivity contribution in [1.29, 1.82) is 0 Å². The van der Waals surface area contributed by atoms with E-state index >= 15 is 0 Å². The van der Waals surface area contributed by atoms with Crippen LogP contribution in [0.25, 0.3) is 5.69 Å². The molecule has 2 heterocycles. The van der Waals surface area contributed by atoms with E-state index in [1.54, 1.807) is 17.2 Å². The molecular weight excluding hydrogens is 388 g/mol. The van der Waals surface area contributed by atoms with Crippen molar-refractivity contribution in [3.05, 3.63) is 76.6 Å². The van der Waals surface area contributed by atoms with Crippen LogP contribution in [0.5, 0.6) is 0 Å². The standard InChI is InChI=1S/C22H23ClN4O2/c1-15-6-2-3-7-17(15)21(28)16-10-12-26(13-11-16)22(29)19-14-27(25-24-19)20-9-5-4-8-18(20)23/h2-9,14,16,21,28H,10-13H2,1H3. The second-order valence-corrected chi connectivity index (χ2v) is 7.84. The third-order valence-corrected chi connectivity index (χ3v) is 5.91. The van der Waals surface area contributed by atoms with Crippen LogP contribution in [-0.2, 0) is 0 Å². The van der Waals surface area contributed by atoms with Crippen molar-refractivity contribution >= 4 is 17.5 Å². The maximum absolute atomic E-state index is 12.8. The predicted octanol–water partition coefficient (Wildman–Crippen LogP) is 3.81. The normalized spacial score (nSPS) is 16.0. The molecule has 1 aromatic heterocycles. The van der Waals surface area contributed by atoms with Crippen molar-refractivity contribution < 1.29 is 9.90 Å². The summed E-state index contributed by atoms with van der Waals surface area (Å²) in [6, 6.07) is 15.2. The molecule has 3 aromatic rings. The van der Waals surface area contributed by atoms with Gasteiger partial charge < -0.3 is 10.0 Å². The Balaban J connectivity index is 1.41. The molecule has 1 N–H and O–H groups in total. The van der Waals surface area contributed by atoms with E-state index < -0.39 is 6.10 Å². The molecule has 2 aromatic carbocycles. The van der Waals surface area contributed by atoms with Crippen LogP contribution in [-0.4, -0.2) is 44.0 Å². The molecule has 1 saturated heterocycles. The van der Waals surface area contributed by atoms with Gasteiger partial charge in [0, 0.05) is 13.1 Å². The summed E-state index contributed by atoms with van der Waals surface area (Å²) in [7, 11) is 0. The average molecular weight is 411 g/mol. The third kappa shape index (κ3) is 4.04. The van der Waals surface area contributed by atoms with E-state index in [1.165, 1.54) is 4.68 Å². The highest BCUT2D eigenvalue weighted by atomic mass is 35.5. The van der Waals surface area contributed by atoms with E-state index in [2.05, 4.69) is 10.3 Å². The number of aromatic nitrogens is 3. The Morgan fingerprint density at radius 2 is 1.83 bits per heavy atom. The number of amides is 1. The number of benzene rings is 2. The summed E-state index contributed by atoms with van der Waals surface area (Å²) in [5, 5.41) is 19.4. The van der Waals surface area contributed by atoms with Crippen LogP contribution in [0.2, 0.25) is 5.02 Å². The zero-order chi connectivity index (χ0) is 20.4. The zero-order valence-electron chi connectivity index (χ0n) is 16.2. The molecule has 0 spiro atoms. The lowest BCUT2D eigenvalue weighted by Crippen LogP contribution is -2.40. The van der Waals surface area contributed by atoms with Gasteiger partial charge >= 0.3 is 0 Å². The summed E-state index contributed by atoms with van der Waals surface area (Å²) in [6.45, 7) is 3.19. The molecule has 1 atom stereocenters. The van der Waals surface area contributed by atoms with Gasteiger partial charge in [0.15, 0.2) is 5.69 Å². The van der Waals surface area contributed by atoms with Gasteiger partial charge in [-0.1, -0.05) is 53.2 Å². The largest absolute Gasteiger partial charge is 0.388 e. The summed E-state index contributed by atoms with van der Waals surface area (Å²) < 4.78 is 1.52. The maximum atomic E-state index is 12.8. The number of hydrogen-bond acceptors (Lipinski definition) is 4. The Bertz CT molecular complexity index is 1010. The number of hydrogen-bond donors (Lipinski definition) is 1. The van der Waals surface area contributed by atoms with Crippen LogP contribution in [0.1, 0.15) is 40.6 Å². The van der Waals surface area contributed by atoms with Crippen molar-refractivity contribution in [3.63, 3.8) is 0 Å². The van der Waals surface area contributed by atoms with Gasteiger partial charge in [0.25, 0.3) is 5.91 Å². The molecule has 0 radical (unpaired) electrons. The molecular formula is C22H23ClN4O2. The van der Waals surface area contributed by atoms with Crippen LogP contribution >= 0.6 is 11.6 Å². The molecule has 1 amide bonds. The minimum Gasteiger partial charge on any atom is -0.388 e. The van der Waals surface area contributed by atoms with Crippen LogP contribution in [0.3, 0.4) is 0 Å². The lowest BCUT2D eigenvalue weighted by Gasteiger charge is -2.34. The Kier molecular flexibility index (Phi) is 5.65. The molecule has 1 fully saturated rings. The molecule has 4 rings (SSSR count). The Hall–Kier alpha value is -2.70. The molecule has 1 aliphatic rings. The number of para-hydroxylation sites is 1. The Morgan fingerprint density at radius 3 is 2.55 bits per heavy atom. The number of aliphatic hydroxyl groups is 1. The van der Waals surface area contributed by atoms with Gasteiger partial charge in [-0.05, 0) is 48.9 Å². The average Bonchev–Trinajstić information content (AvgIpc) is 3.23. The van der Waals surface area contributed by atoms with Crippen molar-refractivity contribution in [2.75, 3.05) is 13.1 Å². The fourth-order valence-corrected chi connectivity index (χ4v) is 4.09. The topological polar surface area (TPSA) is 71.2 Å². The molecule has 1 unspecified atom stereocenters. The highest BCUT2D eigenvalue weighted by Gasteiger charge is 2.30. The van der Waals surface area contributed by atoms with Crippen LogP contribution < -0.4 is 0 Å². The van der Waals surface area contributed by atoms with Crippen molar-refractivity contribution in [2.24, 2.45) is 5.92 Å². The highest BCUT2D eigenvalue weighted by molar-refractivity contribution is 6.32. The maximum Gasteiger partial charge on any atom is 0.276 e. The quantitative estimate of drug-likeness (QED) is 0.709. The van der Waals surface area contributed by atoms with E-state index in [9.17, 15) is 9.90 Å². The van der Waals surface area contributed by atoms with Crippen molar-refractivity contribution in [3.8, 4) is 5.69 Å². The highest BCUT2D eigenvalue weighted by Crippen LogP contribution is 2.32. The van der Waals surface area contributed by atoms with Gasteiger partial charge in [0.1, 0.15) is 0 Å². The zero-order valence-corrected chi connectivity index (χ0v) is 17.0. The van der Waals surface area contributed by atoms with Crippen LogP contribution in [0, 0.1) is 12.8 Å². The summed E-state index contributed by atoms with van der Waals surface area (Å²) in [5.74, 6) is -0.00825. The van der Waals surface area contributed by atoms with Gasteiger partial charge in [0.2, 0.25) is 0 Å². The Labute approximate surface area is 174 Å². The number of carbonyl (C=O) groups excluding carboxylic acids is 1. The summed E-state index contributed by atoms with van der Waals surface area (Å²) in [5.41, 5.74) is 3.04. The van der Waals surface area contributed by atoms with Crippen molar-refractivity contribution in [1.82, 2.24) is 19.9 Å². The fourth-order valence-electron chi connectivity index (χ4n) is 3.87. The van der Waals surface area contributed by atoms with E-state index in [0.717, 1.165) is 24.0 Å². The molecule has 0 bridgehead atoms. The monoisotopic (exact) mass is 410 g/mol. The summed E-state index contributed by atoms with van der Waals surface area (Å²) >= 11 is 6.20. The number of piperidine rings is 1. The first kappa shape index (κ1) is 19.6. The molecule has 150 valence electrons. The fraction of sp³-hybridized carbons (Fsp3) is 0.318. The lowest BCUT2D eigenvalue weighted by molar-refractivity contribution is 0.0456. The number of rotatable bonds is 4. The van der Waals surface area contributed by atoms with E-state index in [1.807, 2.05) is 49.4 Å². The summed E-state index contributed by atoms with van der Waals surface area (Å²) in [4.78, 5) is 14.6. The lowest BCUT2D eigenvalue weighted by atomic mass is 9.86. The van der Waals surface area contributed by atoms with Crippen molar-refractivity contribution in [2.45, 2.75) is 25.9 Å². The SMILES string of the molecule is Cc1ccccc1C(O)C1CCN(C(=O)c2cn(-c3ccccc3Cl)nn2)CC1. The molecule has 1 aliphatic heterocycles. The first-order chi connectivity index (χ1) is 14.0. The van der Waals surface area contributed by atoms with E-state index in [0.29, 0.717) is 29.5 Å². The smallest absolute Gasteiger partial charge is 0.276 e. The molecule has 6 nitrogen and oxygen atoms in total. The number of carbonyl (C=O) groups is 1. The molecule has 0 saturated carbocycles. The second kappa shape index (κ2) is 8.35. The van der Waals surface area contributed by atoms with Gasteiger partial charge in [-0.25, -0.2) is 4.68 Å². The molecule has 29 heavy (non-hydrogen) atoms. The first-order valence-electron chi connectivity index (χ1n) is 9.74. The number of aryl methyl sites for hydroxylation is 1. The third-order valence-electron chi connectivity index (χ3n) is 5.59. The van der Waals surface area contributed by atoms with E-state index in [-0.39, 0.29) is 11.8 Å². The van der Waals surface area contributed by atoms with Crippen LogP contribution in [0.15, 0.2) is 54.7 Å². The van der Waals surface area contributed by atoms with Gasteiger partial charge in [-0.15, -0.1) is 5.10 Å². The number of halogens is 1. The molecule has 7 heteroatoms. The molecule has 0 aliphatic carbocycles.